The molecule has 0 spiro atoms. The molecule has 2 N–H and O–H groups in total. The van der Waals surface area contributed by atoms with Crippen molar-refractivity contribution in [2.75, 3.05) is 18.0 Å². The average molecular weight is 487 g/mol. The molecule has 5 rings (SSSR count). The van der Waals surface area contributed by atoms with Crippen LogP contribution in [0.2, 0.25) is 0 Å². The fraction of sp³-hybridized carbons (Fsp3) is 0.318. The van der Waals surface area contributed by atoms with Crippen molar-refractivity contribution in [2.45, 2.75) is 25.6 Å². The molecule has 0 atom stereocenters. The Morgan fingerprint density at radius 3 is 2.40 bits per heavy atom. The van der Waals surface area contributed by atoms with Gasteiger partial charge in [0.1, 0.15) is 11.0 Å². The van der Waals surface area contributed by atoms with E-state index in [4.69, 9.17) is 5.11 Å². The smallest absolute Gasteiger partial charge is 0.391 e. The molecular weight excluding hydrogens is 467 g/mol. The molecule has 0 aliphatic carbocycles. The van der Waals surface area contributed by atoms with Crippen LogP contribution in [-0.4, -0.2) is 65.0 Å². The van der Waals surface area contributed by atoms with Gasteiger partial charge in [-0.1, -0.05) is 12.1 Å². The number of nitrogens with zero attached hydrogens (tertiary/aromatic N) is 7. The van der Waals surface area contributed by atoms with Gasteiger partial charge in [-0.2, -0.15) is 28.4 Å². The zero-order chi connectivity index (χ0) is 24.7. The minimum atomic E-state index is -4.14. The van der Waals surface area contributed by atoms with E-state index in [-0.39, 0.29) is 30.2 Å². The second-order valence-electron chi connectivity index (χ2n) is 8.33. The minimum Gasteiger partial charge on any atom is -0.492 e. The summed E-state index contributed by atoms with van der Waals surface area (Å²) in [5.74, 6) is -2.72. The Hall–Kier alpha value is -4.16. The van der Waals surface area contributed by atoms with Crippen molar-refractivity contribution in [3.8, 4) is 11.8 Å². The van der Waals surface area contributed by atoms with Crippen LogP contribution in [0.1, 0.15) is 28.8 Å². The Bertz CT molecular complexity index is 1370. The lowest BCUT2D eigenvalue weighted by Gasteiger charge is -2.34. The van der Waals surface area contributed by atoms with Crippen LogP contribution in [0.4, 0.5) is 18.9 Å². The number of aromatic carboxylic acids is 1. The molecule has 182 valence electrons. The molecule has 1 aliphatic heterocycles. The Labute approximate surface area is 196 Å². The van der Waals surface area contributed by atoms with Gasteiger partial charge in [-0.15, -0.1) is 0 Å². The van der Waals surface area contributed by atoms with Crippen LogP contribution in [0, 0.1) is 5.92 Å². The van der Waals surface area contributed by atoms with Gasteiger partial charge in [-0.25, -0.2) is 14.5 Å². The number of aromatic nitrogens is 6. The van der Waals surface area contributed by atoms with E-state index in [1.54, 1.807) is 0 Å². The summed E-state index contributed by atoms with van der Waals surface area (Å²) < 4.78 is 41.4. The van der Waals surface area contributed by atoms with Gasteiger partial charge < -0.3 is 15.1 Å². The summed E-state index contributed by atoms with van der Waals surface area (Å²) in [4.78, 5) is 21.3. The third-order valence-electron chi connectivity index (χ3n) is 6.08. The van der Waals surface area contributed by atoms with Crippen molar-refractivity contribution < 1.29 is 28.2 Å². The van der Waals surface area contributed by atoms with Crippen LogP contribution in [0.3, 0.4) is 0 Å². The SMILES string of the molecule is O=C(O)c1cnn(-c2nc(O)c3c(cnn3Cc3ccc(N4CCC(C(F)(F)F)CC4)cc3)n2)c1. The molecule has 0 saturated carbocycles. The second-order valence-corrected chi connectivity index (χ2v) is 8.33. The number of hydrogen-bond donors (Lipinski definition) is 2. The number of piperidine rings is 1. The molecule has 0 unspecified atom stereocenters. The van der Waals surface area contributed by atoms with E-state index in [9.17, 15) is 23.1 Å². The van der Waals surface area contributed by atoms with Gasteiger partial charge in [0, 0.05) is 25.0 Å². The molecular formula is C22H20F3N7O3. The van der Waals surface area contributed by atoms with E-state index >= 15 is 0 Å². The number of fused-ring (bicyclic) bond motifs is 1. The third-order valence-corrected chi connectivity index (χ3v) is 6.08. The first-order chi connectivity index (χ1) is 16.7. The van der Waals surface area contributed by atoms with Crippen LogP contribution in [0.25, 0.3) is 17.0 Å². The number of hydrogen-bond acceptors (Lipinski definition) is 7. The number of rotatable bonds is 5. The van der Waals surface area contributed by atoms with Crippen LogP contribution >= 0.6 is 0 Å². The fourth-order valence-electron chi connectivity index (χ4n) is 4.18. The van der Waals surface area contributed by atoms with Gasteiger partial charge in [0.15, 0.2) is 0 Å². The summed E-state index contributed by atoms with van der Waals surface area (Å²) in [5.41, 5.74) is 2.33. The van der Waals surface area contributed by atoms with E-state index in [1.165, 1.54) is 17.1 Å². The summed E-state index contributed by atoms with van der Waals surface area (Å²) in [7, 11) is 0. The zero-order valence-electron chi connectivity index (χ0n) is 18.2. The number of aromatic hydroxyl groups is 1. The van der Waals surface area contributed by atoms with Crippen molar-refractivity contribution in [2.24, 2.45) is 5.92 Å². The summed E-state index contributed by atoms with van der Waals surface area (Å²) in [6.45, 7) is 1.01. The summed E-state index contributed by atoms with van der Waals surface area (Å²) in [5, 5.41) is 27.7. The molecule has 1 aliphatic rings. The molecule has 3 aromatic heterocycles. The lowest BCUT2D eigenvalue weighted by Crippen LogP contribution is -2.38. The van der Waals surface area contributed by atoms with Gasteiger partial charge in [0.05, 0.1) is 30.4 Å². The third kappa shape index (κ3) is 4.48. The molecule has 0 radical (unpaired) electrons. The molecule has 10 nitrogen and oxygen atoms in total. The largest absolute Gasteiger partial charge is 0.492 e. The Kier molecular flexibility index (Phi) is 5.53. The summed E-state index contributed by atoms with van der Waals surface area (Å²) in [6, 6.07) is 7.45. The quantitative estimate of drug-likeness (QED) is 0.440. The lowest BCUT2D eigenvalue weighted by atomic mass is 9.96. The van der Waals surface area contributed by atoms with E-state index < -0.39 is 18.1 Å². The standard InChI is InChI=1S/C22H20F3N7O3/c23-22(24,25)15-5-7-30(8-6-15)16-3-1-13(2-4-16)11-31-18-17(10-27-31)28-21(29-19(18)33)32-12-14(9-26-32)20(34)35/h1-4,9-10,12,15H,5-8,11H2,(H,34,35)(H,28,29,33). The average Bonchev–Trinajstić information content (AvgIpc) is 3.47. The fourth-order valence-corrected chi connectivity index (χ4v) is 4.18. The highest BCUT2D eigenvalue weighted by Gasteiger charge is 2.41. The Morgan fingerprint density at radius 1 is 1.06 bits per heavy atom. The maximum Gasteiger partial charge on any atom is 0.391 e. The minimum absolute atomic E-state index is 0.000645. The molecule has 1 saturated heterocycles. The Morgan fingerprint density at radius 2 is 1.77 bits per heavy atom. The normalized spacial score (nSPS) is 15.1. The molecule has 4 aromatic rings. The topological polar surface area (TPSA) is 122 Å². The number of anilines is 1. The maximum absolute atomic E-state index is 12.9. The summed E-state index contributed by atoms with van der Waals surface area (Å²) in [6.07, 6.45) is -0.123. The first-order valence-electron chi connectivity index (χ1n) is 10.8. The molecule has 4 heterocycles. The Balaban J connectivity index is 1.31. The van der Waals surface area contributed by atoms with E-state index in [1.807, 2.05) is 29.2 Å². The number of halogens is 3. The van der Waals surface area contributed by atoms with E-state index in [2.05, 4.69) is 20.2 Å². The number of benzene rings is 1. The van der Waals surface area contributed by atoms with Gasteiger partial charge in [-0.05, 0) is 30.5 Å². The number of carboxylic acid groups (broad SMARTS) is 1. The van der Waals surface area contributed by atoms with Gasteiger partial charge in [0.2, 0.25) is 5.88 Å². The van der Waals surface area contributed by atoms with Crippen molar-refractivity contribution in [1.29, 1.82) is 0 Å². The molecule has 35 heavy (non-hydrogen) atoms. The molecule has 1 aromatic carbocycles. The molecule has 0 bridgehead atoms. The van der Waals surface area contributed by atoms with Crippen LogP contribution in [-0.2, 0) is 6.54 Å². The molecule has 0 amide bonds. The van der Waals surface area contributed by atoms with Crippen molar-refractivity contribution in [1.82, 2.24) is 29.5 Å². The van der Waals surface area contributed by atoms with Crippen molar-refractivity contribution >= 4 is 22.7 Å². The highest BCUT2D eigenvalue weighted by atomic mass is 19.4. The van der Waals surface area contributed by atoms with Crippen molar-refractivity contribution in [3.05, 3.63) is 54.0 Å². The lowest BCUT2D eigenvalue weighted by molar-refractivity contribution is -0.179. The van der Waals surface area contributed by atoms with Crippen LogP contribution in [0.15, 0.2) is 42.9 Å². The maximum atomic E-state index is 12.9. The van der Waals surface area contributed by atoms with E-state index in [0.29, 0.717) is 30.7 Å². The first-order valence-corrected chi connectivity index (χ1v) is 10.8. The number of carbonyl (C=O) groups is 1. The second kappa shape index (κ2) is 8.56. The van der Waals surface area contributed by atoms with Crippen molar-refractivity contribution in [3.63, 3.8) is 0 Å². The van der Waals surface area contributed by atoms with Gasteiger partial charge in [0.25, 0.3) is 5.95 Å². The van der Waals surface area contributed by atoms with Crippen LogP contribution < -0.4 is 4.90 Å². The first kappa shape index (κ1) is 22.6. The molecule has 13 heteroatoms. The van der Waals surface area contributed by atoms with Gasteiger partial charge >= 0.3 is 12.1 Å². The predicted octanol–water partition coefficient (Wildman–Crippen LogP) is 3.24. The predicted molar refractivity (Wildman–Crippen MR) is 118 cm³/mol. The zero-order valence-corrected chi connectivity index (χ0v) is 18.2. The van der Waals surface area contributed by atoms with E-state index in [0.717, 1.165) is 22.1 Å². The van der Waals surface area contributed by atoms with Gasteiger partial charge in [-0.3, -0.25) is 4.68 Å². The molecule has 1 fully saturated rings. The number of carboxylic acids is 1. The van der Waals surface area contributed by atoms with Crippen LogP contribution in [0.5, 0.6) is 5.88 Å². The highest BCUT2D eigenvalue weighted by Crippen LogP contribution is 2.35. The summed E-state index contributed by atoms with van der Waals surface area (Å²) >= 11 is 0. The monoisotopic (exact) mass is 487 g/mol. The number of alkyl halides is 3. The highest BCUT2D eigenvalue weighted by molar-refractivity contribution is 5.87.